The molecule has 0 aromatic heterocycles. The van der Waals surface area contributed by atoms with Crippen molar-refractivity contribution in [2.75, 3.05) is 0 Å². The number of carboxylic acid groups (broad SMARTS) is 1. The molecule has 7 nitrogen and oxygen atoms in total. The number of carboxylic acids is 1. The molecule has 1 rings (SSSR count). The van der Waals surface area contributed by atoms with Crippen LogP contribution in [0.2, 0.25) is 0 Å². The van der Waals surface area contributed by atoms with Crippen LogP contribution in [-0.4, -0.2) is 46.0 Å². The van der Waals surface area contributed by atoms with Crippen molar-refractivity contribution in [2.45, 2.75) is 38.8 Å². The third-order valence-electron chi connectivity index (χ3n) is 2.71. The molecule has 0 fully saturated rings. The maximum Gasteiger partial charge on any atom is 0.488 e. The normalized spacial score (nSPS) is 12.4. The first kappa shape index (κ1) is 18.0. The molecule has 0 unspecified atom stereocenters. The van der Waals surface area contributed by atoms with E-state index >= 15 is 0 Å². The lowest BCUT2D eigenvalue weighted by Crippen LogP contribution is -2.44. The molecule has 120 valence electrons. The van der Waals surface area contributed by atoms with Gasteiger partial charge >= 0.3 is 19.2 Å². The minimum absolute atomic E-state index is 0.0520. The van der Waals surface area contributed by atoms with Crippen LogP contribution in [0.5, 0.6) is 0 Å². The van der Waals surface area contributed by atoms with Gasteiger partial charge in [0.15, 0.2) is 0 Å². The number of rotatable bonds is 5. The highest BCUT2D eigenvalue weighted by molar-refractivity contribution is 6.58. The average Bonchev–Trinajstić information content (AvgIpc) is 2.36. The molecule has 0 aliphatic carbocycles. The second-order valence-corrected chi connectivity index (χ2v) is 5.86. The third-order valence-corrected chi connectivity index (χ3v) is 2.71. The van der Waals surface area contributed by atoms with E-state index < -0.39 is 30.8 Å². The van der Waals surface area contributed by atoms with E-state index in [1.54, 1.807) is 32.9 Å². The molecule has 0 aliphatic heterocycles. The van der Waals surface area contributed by atoms with Crippen molar-refractivity contribution in [2.24, 2.45) is 0 Å². The van der Waals surface area contributed by atoms with Crippen LogP contribution in [0.4, 0.5) is 4.79 Å². The minimum Gasteiger partial charge on any atom is -0.480 e. The van der Waals surface area contributed by atoms with E-state index in [2.05, 4.69) is 5.32 Å². The first-order valence-corrected chi connectivity index (χ1v) is 6.76. The molecule has 8 heteroatoms. The van der Waals surface area contributed by atoms with Gasteiger partial charge in [0.1, 0.15) is 11.6 Å². The zero-order valence-electron chi connectivity index (χ0n) is 12.7. The van der Waals surface area contributed by atoms with Gasteiger partial charge in [-0.05, 0) is 31.8 Å². The molecule has 1 amide bonds. The van der Waals surface area contributed by atoms with Crippen molar-refractivity contribution in [1.29, 1.82) is 0 Å². The van der Waals surface area contributed by atoms with E-state index in [0.29, 0.717) is 11.0 Å². The SMILES string of the molecule is CC(C)(C)OC(=O)N[C@@H](Cc1ccc(B(O)O)cc1)C(=O)O. The van der Waals surface area contributed by atoms with Crippen molar-refractivity contribution >= 4 is 24.6 Å². The summed E-state index contributed by atoms with van der Waals surface area (Å²) < 4.78 is 5.03. The number of aliphatic carboxylic acids is 1. The lowest BCUT2D eigenvalue weighted by Gasteiger charge is -2.22. The van der Waals surface area contributed by atoms with Crippen molar-refractivity contribution in [3.63, 3.8) is 0 Å². The Labute approximate surface area is 129 Å². The average molecular weight is 309 g/mol. The van der Waals surface area contributed by atoms with Crippen LogP contribution >= 0.6 is 0 Å². The van der Waals surface area contributed by atoms with E-state index in [9.17, 15) is 14.7 Å². The summed E-state index contributed by atoms with van der Waals surface area (Å²) in [7, 11) is -1.58. The molecule has 0 aliphatic rings. The molecular weight excluding hydrogens is 289 g/mol. The predicted molar refractivity (Wildman–Crippen MR) is 80.8 cm³/mol. The van der Waals surface area contributed by atoms with Crippen molar-refractivity contribution in [1.82, 2.24) is 5.32 Å². The summed E-state index contributed by atoms with van der Waals surface area (Å²) in [5.74, 6) is -1.18. The van der Waals surface area contributed by atoms with Crippen LogP contribution in [0.3, 0.4) is 0 Å². The quantitative estimate of drug-likeness (QED) is 0.564. The Bertz CT molecular complexity index is 523. The van der Waals surface area contributed by atoms with Gasteiger partial charge in [0.05, 0.1) is 0 Å². The van der Waals surface area contributed by atoms with E-state index in [1.165, 1.54) is 12.1 Å². The van der Waals surface area contributed by atoms with Crippen LogP contribution in [0.1, 0.15) is 26.3 Å². The number of benzene rings is 1. The van der Waals surface area contributed by atoms with Gasteiger partial charge in [-0.25, -0.2) is 9.59 Å². The topological polar surface area (TPSA) is 116 Å². The number of carbonyl (C=O) groups excluding carboxylic acids is 1. The second-order valence-electron chi connectivity index (χ2n) is 5.86. The largest absolute Gasteiger partial charge is 0.488 e. The van der Waals surface area contributed by atoms with Crippen molar-refractivity contribution in [3.05, 3.63) is 29.8 Å². The van der Waals surface area contributed by atoms with Gasteiger partial charge in [0, 0.05) is 6.42 Å². The highest BCUT2D eigenvalue weighted by Gasteiger charge is 2.24. The molecule has 0 saturated carbocycles. The van der Waals surface area contributed by atoms with Crippen LogP contribution in [0.25, 0.3) is 0 Å². The molecule has 1 aromatic rings. The Balaban J connectivity index is 2.72. The van der Waals surface area contributed by atoms with E-state index in [0.717, 1.165) is 0 Å². The van der Waals surface area contributed by atoms with Gasteiger partial charge in [-0.2, -0.15) is 0 Å². The Hall–Kier alpha value is -2.06. The lowest BCUT2D eigenvalue weighted by atomic mass is 9.80. The molecule has 0 spiro atoms. The van der Waals surface area contributed by atoms with Gasteiger partial charge < -0.3 is 25.2 Å². The highest BCUT2D eigenvalue weighted by atomic mass is 16.6. The number of carbonyl (C=O) groups is 2. The van der Waals surface area contributed by atoms with E-state index in [-0.39, 0.29) is 6.42 Å². The fourth-order valence-electron chi connectivity index (χ4n) is 1.71. The number of hydrogen-bond acceptors (Lipinski definition) is 5. The Morgan fingerprint density at radius 1 is 1.23 bits per heavy atom. The van der Waals surface area contributed by atoms with Crippen molar-refractivity contribution in [3.8, 4) is 0 Å². The van der Waals surface area contributed by atoms with Crippen LogP contribution in [0, 0.1) is 0 Å². The fourth-order valence-corrected chi connectivity index (χ4v) is 1.71. The summed E-state index contributed by atoms with van der Waals surface area (Å²) in [6.45, 7) is 5.05. The van der Waals surface area contributed by atoms with Gasteiger partial charge in [-0.1, -0.05) is 24.3 Å². The van der Waals surface area contributed by atoms with Crippen molar-refractivity contribution < 1.29 is 29.5 Å². The Kier molecular flexibility index (Phi) is 5.96. The van der Waals surface area contributed by atoms with E-state index in [4.69, 9.17) is 14.8 Å². The molecule has 0 heterocycles. The van der Waals surface area contributed by atoms with Gasteiger partial charge in [0.2, 0.25) is 0 Å². The Morgan fingerprint density at radius 2 is 1.77 bits per heavy atom. The summed E-state index contributed by atoms with van der Waals surface area (Å²) in [5.41, 5.74) is 0.218. The fraction of sp³-hybridized carbons (Fsp3) is 0.429. The maximum absolute atomic E-state index is 11.6. The molecule has 1 atom stereocenters. The lowest BCUT2D eigenvalue weighted by molar-refractivity contribution is -0.139. The van der Waals surface area contributed by atoms with Crippen LogP contribution < -0.4 is 10.8 Å². The summed E-state index contributed by atoms with van der Waals surface area (Å²) in [6.07, 6.45) is -0.751. The predicted octanol–water partition coefficient (Wildman–Crippen LogP) is -0.113. The minimum atomic E-state index is -1.58. The molecule has 22 heavy (non-hydrogen) atoms. The van der Waals surface area contributed by atoms with Crippen LogP contribution in [0.15, 0.2) is 24.3 Å². The molecule has 0 saturated heterocycles. The number of nitrogens with one attached hydrogen (secondary N) is 1. The number of alkyl carbamates (subject to hydrolysis) is 1. The summed E-state index contributed by atoms with van der Waals surface area (Å²) in [5, 5.41) is 29.5. The molecular formula is C14H20BNO6. The maximum atomic E-state index is 11.6. The molecule has 0 bridgehead atoms. The smallest absolute Gasteiger partial charge is 0.480 e. The Morgan fingerprint density at radius 3 is 2.18 bits per heavy atom. The van der Waals surface area contributed by atoms with Gasteiger partial charge in [0.25, 0.3) is 0 Å². The highest BCUT2D eigenvalue weighted by Crippen LogP contribution is 2.08. The van der Waals surface area contributed by atoms with Gasteiger partial charge in [-0.15, -0.1) is 0 Å². The summed E-state index contributed by atoms with van der Waals surface area (Å²) >= 11 is 0. The summed E-state index contributed by atoms with van der Waals surface area (Å²) in [4.78, 5) is 22.9. The zero-order chi connectivity index (χ0) is 16.9. The van der Waals surface area contributed by atoms with Crippen LogP contribution in [-0.2, 0) is 16.0 Å². The third kappa shape index (κ3) is 6.15. The zero-order valence-corrected chi connectivity index (χ0v) is 12.7. The number of ether oxygens (including phenoxy) is 1. The van der Waals surface area contributed by atoms with Gasteiger partial charge in [-0.3, -0.25) is 0 Å². The summed E-state index contributed by atoms with van der Waals surface area (Å²) in [6, 6.07) is 4.96. The molecule has 1 aromatic carbocycles. The molecule has 4 N–H and O–H groups in total. The second kappa shape index (κ2) is 7.28. The molecule has 0 radical (unpaired) electrons. The first-order valence-electron chi connectivity index (χ1n) is 6.76. The first-order chi connectivity index (χ1) is 10.1. The standard InChI is InChI=1S/C14H20BNO6/c1-14(2,3)22-13(19)16-11(12(17)18)8-9-4-6-10(7-5-9)15(20)21/h4-7,11,20-21H,8H2,1-3H3,(H,16,19)(H,17,18)/t11-/m0/s1. The number of amides is 1. The van der Waals surface area contributed by atoms with E-state index in [1.807, 2.05) is 0 Å². The number of hydrogen-bond donors (Lipinski definition) is 4. The monoisotopic (exact) mass is 309 g/mol.